The fraction of sp³-hybridized carbons (Fsp3) is 0.667. The van der Waals surface area contributed by atoms with Crippen molar-refractivity contribution in [3.8, 4) is 5.19 Å². The van der Waals surface area contributed by atoms with Gasteiger partial charge >= 0.3 is 4.87 Å². The van der Waals surface area contributed by atoms with Crippen molar-refractivity contribution in [2.24, 2.45) is 5.92 Å². The van der Waals surface area contributed by atoms with Gasteiger partial charge in [0.05, 0.1) is 6.61 Å². The van der Waals surface area contributed by atoms with Crippen LogP contribution in [0.5, 0.6) is 5.19 Å². The summed E-state index contributed by atoms with van der Waals surface area (Å²) in [5, 5.41) is 6.35. The number of H-pyrrole nitrogens is 1. The minimum atomic E-state index is -0.177. The van der Waals surface area contributed by atoms with Crippen molar-refractivity contribution in [1.82, 2.24) is 10.2 Å². The topological polar surface area (TPSA) is 55.0 Å². The fourth-order valence-corrected chi connectivity index (χ4v) is 0.984. The number of hydrogen-bond acceptors (Lipinski definition) is 4. The number of nitrogens with zero attached hydrogens (tertiary/aromatic N) is 1. The summed E-state index contributed by atoms with van der Waals surface area (Å²) < 4.78 is 5.16. The van der Waals surface area contributed by atoms with Gasteiger partial charge in [-0.2, -0.15) is 0 Å². The molecule has 0 unspecified atom stereocenters. The third-order valence-electron chi connectivity index (χ3n) is 0.959. The molecule has 1 aromatic heterocycles. The second kappa shape index (κ2) is 3.52. The largest absolute Gasteiger partial charge is 0.469 e. The van der Waals surface area contributed by atoms with Crippen molar-refractivity contribution in [3.05, 3.63) is 9.67 Å². The van der Waals surface area contributed by atoms with Gasteiger partial charge in [-0.3, -0.25) is 4.79 Å². The average Bonchev–Trinajstić information content (AvgIpc) is 2.31. The van der Waals surface area contributed by atoms with Crippen LogP contribution in [0, 0.1) is 5.92 Å². The first-order chi connectivity index (χ1) is 5.18. The van der Waals surface area contributed by atoms with Crippen molar-refractivity contribution in [3.63, 3.8) is 0 Å². The van der Waals surface area contributed by atoms with Crippen LogP contribution in [0.25, 0.3) is 0 Å². The van der Waals surface area contributed by atoms with Crippen molar-refractivity contribution in [2.45, 2.75) is 13.8 Å². The Kier molecular flexibility index (Phi) is 2.64. The molecule has 0 spiro atoms. The molecular formula is C6H10N2O2S. The maximum Gasteiger partial charge on any atom is 0.325 e. The van der Waals surface area contributed by atoms with Crippen LogP contribution in [0.15, 0.2) is 4.79 Å². The van der Waals surface area contributed by atoms with E-state index in [0.717, 1.165) is 11.3 Å². The third kappa shape index (κ3) is 2.71. The summed E-state index contributed by atoms with van der Waals surface area (Å²) in [4.78, 5) is 10.4. The molecule has 0 saturated heterocycles. The van der Waals surface area contributed by atoms with Crippen LogP contribution < -0.4 is 9.61 Å². The predicted octanol–water partition coefficient (Wildman–Crippen LogP) is 0.866. The molecule has 1 aromatic rings. The lowest BCUT2D eigenvalue weighted by Crippen LogP contribution is -2.03. The maximum absolute atomic E-state index is 10.6. The van der Waals surface area contributed by atoms with E-state index in [1.54, 1.807) is 0 Å². The molecule has 0 saturated carbocycles. The molecule has 0 atom stereocenters. The van der Waals surface area contributed by atoms with Crippen LogP contribution in [0.2, 0.25) is 0 Å². The molecule has 0 aliphatic rings. The van der Waals surface area contributed by atoms with E-state index < -0.39 is 0 Å². The maximum atomic E-state index is 10.6. The molecule has 5 heteroatoms. The standard InChI is InChI=1S/C6H10N2O2S/c1-4(2)3-10-6-8-7-5(9)11-6/h4H,3H2,1-2H3,(H,7,9). The Labute approximate surface area is 68.2 Å². The molecule has 62 valence electrons. The Morgan fingerprint density at radius 1 is 1.73 bits per heavy atom. The molecule has 1 N–H and O–H groups in total. The predicted molar refractivity (Wildman–Crippen MR) is 43.1 cm³/mol. The van der Waals surface area contributed by atoms with E-state index in [1.165, 1.54) is 0 Å². The number of hydrogen-bond donors (Lipinski definition) is 1. The first-order valence-electron chi connectivity index (χ1n) is 3.37. The highest BCUT2D eigenvalue weighted by molar-refractivity contribution is 7.10. The minimum absolute atomic E-state index is 0.177. The van der Waals surface area contributed by atoms with Crippen LogP contribution in [0.3, 0.4) is 0 Å². The van der Waals surface area contributed by atoms with E-state index in [9.17, 15) is 4.79 Å². The summed E-state index contributed by atoms with van der Waals surface area (Å²) in [6.07, 6.45) is 0. The summed E-state index contributed by atoms with van der Waals surface area (Å²) in [6.45, 7) is 4.67. The van der Waals surface area contributed by atoms with Crippen LogP contribution in [-0.2, 0) is 0 Å². The molecule has 1 rings (SSSR count). The van der Waals surface area contributed by atoms with E-state index >= 15 is 0 Å². The average molecular weight is 174 g/mol. The molecule has 0 aliphatic carbocycles. The molecule has 0 aliphatic heterocycles. The normalized spacial score (nSPS) is 10.5. The van der Waals surface area contributed by atoms with E-state index in [4.69, 9.17) is 4.74 Å². The molecule has 0 fully saturated rings. The van der Waals surface area contributed by atoms with Gasteiger partial charge in [-0.25, -0.2) is 5.10 Å². The molecule has 11 heavy (non-hydrogen) atoms. The highest BCUT2D eigenvalue weighted by Crippen LogP contribution is 2.08. The molecule has 0 amide bonds. The first kappa shape index (κ1) is 8.26. The molecule has 0 radical (unpaired) electrons. The van der Waals surface area contributed by atoms with Gasteiger partial charge in [0.1, 0.15) is 0 Å². The number of rotatable bonds is 3. The van der Waals surface area contributed by atoms with E-state index in [0.29, 0.717) is 17.7 Å². The molecular weight excluding hydrogens is 164 g/mol. The quantitative estimate of drug-likeness (QED) is 0.739. The third-order valence-corrected chi connectivity index (χ3v) is 1.62. The van der Waals surface area contributed by atoms with Gasteiger partial charge in [0.15, 0.2) is 0 Å². The Morgan fingerprint density at radius 2 is 2.45 bits per heavy atom. The van der Waals surface area contributed by atoms with Gasteiger partial charge in [-0.15, -0.1) is 5.10 Å². The van der Waals surface area contributed by atoms with E-state index in [1.807, 2.05) is 13.8 Å². The Hall–Kier alpha value is -0.840. The van der Waals surface area contributed by atoms with Crippen LogP contribution in [0.4, 0.5) is 0 Å². The van der Waals surface area contributed by atoms with Crippen molar-refractivity contribution in [1.29, 1.82) is 0 Å². The zero-order chi connectivity index (χ0) is 8.27. The lowest BCUT2D eigenvalue weighted by Gasteiger charge is -2.02. The van der Waals surface area contributed by atoms with Gasteiger partial charge < -0.3 is 4.74 Å². The molecule has 0 aromatic carbocycles. The summed E-state index contributed by atoms with van der Waals surface area (Å²) >= 11 is 0.985. The minimum Gasteiger partial charge on any atom is -0.469 e. The van der Waals surface area contributed by atoms with Gasteiger partial charge in [-0.05, 0) is 17.3 Å². The second-order valence-electron chi connectivity index (χ2n) is 2.58. The Balaban J connectivity index is 2.45. The Morgan fingerprint density at radius 3 is 2.91 bits per heavy atom. The zero-order valence-corrected chi connectivity index (χ0v) is 7.27. The molecule has 0 bridgehead atoms. The summed E-state index contributed by atoms with van der Waals surface area (Å²) in [5.74, 6) is 0.453. The van der Waals surface area contributed by atoms with E-state index in [2.05, 4.69) is 10.2 Å². The number of ether oxygens (including phenoxy) is 1. The summed E-state index contributed by atoms with van der Waals surface area (Å²) in [7, 11) is 0. The monoisotopic (exact) mass is 174 g/mol. The highest BCUT2D eigenvalue weighted by Gasteiger charge is 2.00. The van der Waals surface area contributed by atoms with Gasteiger partial charge in [-0.1, -0.05) is 13.8 Å². The first-order valence-corrected chi connectivity index (χ1v) is 4.18. The lowest BCUT2D eigenvalue weighted by molar-refractivity contribution is 0.268. The van der Waals surface area contributed by atoms with Crippen molar-refractivity contribution < 1.29 is 4.74 Å². The van der Waals surface area contributed by atoms with Crippen molar-refractivity contribution in [2.75, 3.05) is 6.61 Å². The number of nitrogens with one attached hydrogen (secondary N) is 1. The fourth-order valence-electron chi connectivity index (χ4n) is 0.516. The van der Waals surface area contributed by atoms with Crippen molar-refractivity contribution >= 4 is 11.3 Å². The Bertz CT molecular complexity index is 266. The van der Waals surface area contributed by atoms with Crippen LogP contribution in [-0.4, -0.2) is 16.8 Å². The molecule has 4 nitrogen and oxygen atoms in total. The number of aromatic nitrogens is 2. The smallest absolute Gasteiger partial charge is 0.325 e. The van der Waals surface area contributed by atoms with Crippen LogP contribution in [0.1, 0.15) is 13.8 Å². The zero-order valence-electron chi connectivity index (χ0n) is 6.46. The SMILES string of the molecule is CC(C)COc1n[nH]c(=O)s1. The van der Waals surface area contributed by atoms with Gasteiger partial charge in [0.25, 0.3) is 5.19 Å². The summed E-state index contributed by atoms with van der Waals surface area (Å²) in [6, 6.07) is 0. The summed E-state index contributed by atoms with van der Waals surface area (Å²) in [5.41, 5.74) is 0. The van der Waals surface area contributed by atoms with E-state index in [-0.39, 0.29) is 4.87 Å². The highest BCUT2D eigenvalue weighted by atomic mass is 32.1. The lowest BCUT2D eigenvalue weighted by atomic mass is 10.2. The van der Waals surface area contributed by atoms with Crippen LogP contribution >= 0.6 is 11.3 Å². The second-order valence-corrected chi connectivity index (χ2v) is 3.51. The number of aromatic amines is 1. The van der Waals surface area contributed by atoms with Gasteiger partial charge in [0, 0.05) is 0 Å². The van der Waals surface area contributed by atoms with Gasteiger partial charge in [0.2, 0.25) is 0 Å². The molecule has 1 heterocycles.